The van der Waals surface area contributed by atoms with Crippen LogP contribution >= 0.6 is 0 Å². The summed E-state index contributed by atoms with van der Waals surface area (Å²) in [7, 11) is 0. The van der Waals surface area contributed by atoms with Crippen molar-refractivity contribution in [3.63, 3.8) is 0 Å². The molecule has 0 amide bonds. The minimum absolute atomic E-state index is 0.583. The molecule has 0 saturated carbocycles. The highest BCUT2D eigenvalue weighted by molar-refractivity contribution is 6.00. The zero-order chi connectivity index (χ0) is 14.3. The van der Waals surface area contributed by atoms with Crippen molar-refractivity contribution < 1.29 is 4.74 Å². The lowest BCUT2D eigenvalue weighted by atomic mass is 10.1. The lowest BCUT2D eigenvalue weighted by molar-refractivity contribution is 0.107. The molecule has 1 N–H and O–H groups in total. The molecule has 3 rings (SSSR count). The van der Waals surface area contributed by atoms with Crippen LogP contribution in [0.15, 0.2) is 53.8 Å². The lowest BCUT2D eigenvalue weighted by Gasteiger charge is -2.17. The van der Waals surface area contributed by atoms with Gasteiger partial charge in [0.05, 0.1) is 13.2 Å². The Morgan fingerprint density at radius 3 is 2.71 bits per heavy atom. The molecule has 0 aliphatic carbocycles. The van der Waals surface area contributed by atoms with Gasteiger partial charge in [-0.1, -0.05) is 24.3 Å². The van der Waals surface area contributed by atoms with Crippen molar-refractivity contribution in [3.8, 4) is 0 Å². The van der Waals surface area contributed by atoms with Gasteiger partial charge in [0.15, 0.2) is 0 Å². The minimum Gasteiger partial charge on any atom is -0.372 e. The fourth-order valence-electron chi connectivity index (χ4n) is 2.35. The minimum atomic E-state index is 0.583. The smallest absolute Gasteiger partial charge is 0.128 e. The second-order valence-corrected chi connectivity index (χ2v) is 5.02. The maximum Gasteiger partial charge on any atom is 0.128 e. The highest BCUT2D eigenvalue weighted by atomic mass is 16.5. The van der Waals surface area contributed by atoms with Crippen LogP contribution in [0.4, 0.5) is 0 Å². The average Bonchev–Trinajstić information content (AvgIpc) is 2.57. The molecule has 2 aromatic rings. The molecule has 1 aliphatic heterocycles. The van der Waals surface area contributed by atoms with Crippen LogP contribution in [0.1, 0.15) is 23.1 Å². The van der Waals surface area contributed by atoms with E-state index in [2.05, 4.69) is 27.4 Å². The Kier molecular flexibility index (Phi) is 4.59. The molecule has 21 heavy (non-hydrogen) atoms. The molecule has 1 aromatic heterocycles. The first-order valence-electron chi connectivity index (χ1n) is 7.27. The summed E-state index contributed by atoms with van der Waals surface area (Å²) in [5, 5.41) is 3.37. The number of nitrogens with zero attached hydrogens (tertiary/aromatic N) is 2. The normalized spacial score (nSPS) is 14.4. The van der Waals surface area contributed by atoms with Crippen molar-refractivity contribution in [1.82, 2.24) is 10.3 Å². The van der Waals surface area contributed by atoms with Gasteiger partial charge in [-0.05, 0) is 29.7 Å². The number of aromatic nitrogens is 1. The first-order chi connectivity index (χ1) is 10.4. The predicted octanol–water partition coefficient (Wildman–Crippen LogP) is 2.54. The van der Waals surface area contributed by atoms with Crippen LogP contribution in [0.3, 0.4) is 0 Å². The van der Waals surface area contributed by atoms with Gasteiger partial charge in [-0.3, -0.25) is 9.98 Å². The molecule has 0 atom stereocenters. The van der Waals surface area contributed by atoms with E-state index in [0.29, 0.717) is 13.2 Å². The molecule has 4 heteroatoms. The standard InChI is InChI=1S/C17H19N3O/c1-2-5-16(17-19-8-3-9-20-17)15(4-1)13-21-12-14-6-10-18-11-7-14/h1-2,4-7,10-11H,3,8-9,12-13H2,(H,19,20). The van der Waals surface area contributed by atoms with Crippen molar-refractivity contribution >= 4 is 5.84 Å². The maximum absolute atomic E-state index is 5.83. The van der Waals surface area contributed by atoms with Gasteiger partial charge in [0.2, 0.25) is 0 Å². The summed E-state index contributed by atoms with van der Waals surface area (Å²) < 4.78 is 5.83. The largest absolute Gasteiger partial charge is 0.372 e. The first kappa shape index (κ1) is 13.8. The van der Waals surface area contributed by atoms with E-state index in [-0.39, 0.29) is 0 Å². The molecule has 1 aliphatic rings. The number of nitrogens with one attached hydrogen (secondary N) is 1. The number of hydrogen-bond acceptors (Lipinski definition) is 4. The van der Waals surface area contributed by atoms with Crippen LogP contribution in [0, 0.1) is 0 Å². The molecular weight excluding hydrogens is 262 g/mol. The Labute approximate surface area is 124 Å². The monoisotopic (exact) mass is 281 g/mol. The Morgan fingerprint density at radius 1 is 1.05 bits per heavy atom. The SMILES string of the molecule is c1ccc(C2=NCCCN2)c(COCc2ccncc2)c1. The number of pyridine rings is 1. The summed E-state index contributed by atoms with van der Waals surface area (Å²) in [5.41, 5.74) is 3.45. The third kappa shape index (κ3) is 3.67. The molecule has 1 aromatic carbocycles. The number of benzene rings is 1. The Bertz CT molecular complexity index is 610. The number of aliphatic imine (C=N–C) groups is 1. The summed E-state index contributed by atoms with van der Waals surface area (Å²) >= 11 is 0. The van der Waals surface area contributed by atoms with Crippen LogP contribution < -0.4 is 5.32 Å². The van der Waals surface area contributed by atoms with Gasteiger partial charge < -0.3 is 10.1 Å². The van der Waals surface area contributed by atoms with Gasteiger partial charge in [0.1, 0.15) is 5.84 Å². The molecule has 0 spiro atoms. The zero-order valence-electron chi connectivity index (χ0n) is 12.0. The summed E-state index contributed by atoms with van der Waals surface area (Å²) in [6.07, 6.45) is 4.67. The van der Waals surface area contributed by atoms with E-state index in [1.165, 1.54) is 5.56 Å². The molecular formula is C17H19N3O. The topological polar surface area (TPSA) is 46.5 Å². The summed E-state index contributed by atoms with van der Waals surface area (Å²) in [6, 6.07) is 12.2. The van der Waals surface area contributed by atoms with Crippen molar-refractivity contribution in [3.05, 3.63) is 65.5 Å². The van der Waals surface area contributed by atoms with Crippen LogP contribution in [0.25, 0.3) is 0 Å². The first-order valence-corrected chi connectivity index (χ1v) is 7.27. The van der Waals surface area contributed by atoms with Crippen LogP contribution in [-0.4, -0.2) is 23.9 Å². The van der Waals surface area contributed by atoms with Gasteiger partial charge >= 0.3 is 0 Å². The quantitative estimate of drug-likeness (QED) is 0.916. The van der Waals surface area contributed by atoms with E-state index in [9.17, 15) is 0 Å². The van der Waals surface area contributed by atoms with E-state index < -0.39 is 0 Å². The average molecular weight is 281 g/mol. The van der Waals surface area contributed by atoms with Gasteiger partial charge in [-0.15, -0.1) is 0 Å². The van der Waals surface area contributed by atoms with Gasteiger partial charge in [-0.2, -0.15) is 0 Å². The molecule has 0 saturated heterocycles. The lowest BCUT2D eigenvalue weighted by Crippen LogP contribution is -2.31. The molecule has 0 radical (unpaired) electrons. The van der Waals surface area contributed by atoms with Crippen LogP contribution in [0.5, 0.6) is 0 Å². The zero-order valence-corrected chi connectivity index (χ0v) is 12.0. The fourth-order valence-corrected chi connectivity index (χ4v) is 2.35. The van der Waals surface area contributed by atoms with E-state index in [1.54, 1.807) is 12.4 Å². The van der Waals surface area contributed by atoms with Crippen LogP contribution in [0.2, 0.25) is 0 Å². The molecule has 2 heterocycles. The van der Waals surface area contributed by atoms with Gasteiger partial charge in [0.25, 0.3) is 0 Å². The Hall–Kier alpha value is -2.20. The second-order valence-electron chi connectivity index (χ2n) is 5.02. The van der Waals surface area contributed by atoms with Crippen molar-refractivity contribution in [2.24, 2.45) is 4.99 Å². The number of ether oxygens (including phenoxy) is 1. The van der Waals surface area contributed by atoms with Crippen LogP contribution in [-0.2, 0) is 18.0 Å². The Morgan fingerprint density at radius 2 is 1.90 bits per heavy atom. The highest BCUT2D eigenvalue weighted by Gasteiger charge is 2.11. The van der Waals surface area contributed by atoms with Gasteiger partial charge in [-0.25, -0.2) is 0 Å². The fraction of sp³-hybridized carbons (Fsp3) is 0.294. The third-order valence-electron chi connectivity index (χ3n) is 3.45. The highest BCUT2D eigenvalue weighted by Crippen LogP contribution is 2.13. The summed E-state index contributed by atoms with van der Waals surface area (Å²) in [4.78, 5) is 8.58. The summed E-state index contributed by atoms with van der Waals surface area (Å²) in [5.74, 6) is 0.990. The van der Waals surface area contributed by atoms with E-state index in [0.717, 1.165) is 36.5 Å². The summed E-state index contributed by atoms with van der Waals surface area (Å²) in [6.45, 7) is 3.07. The predicted molar refractivity (Wildman–Crippen MR) is 83.2 cm³/mol. The molecule has 4 nitrogen and oxygen atoms in total. The second kappa shape index (κ2) is 6.99. The third-order valence-corrected chi connectivity index (χ3v) is 3.45. The Balaban J connectivity index is 1.66. The number of rotatable bonds is 5. The van der Waals surface area contributed by atoms with Crippen molar-refractivity contribution in [2.75, 3.05) is 13.1 Å². The maximum atomic E-state index is 5.83. The van der Waals surface area contributed by atoms with Gasteiger partial charge in [0, 0.05) is 31.0 Å². The van der Waals surface area contributed by atoms with E-state index in [1.807, 2.05) is 24.3 Å². The van der Waals surface area contributed by atoms with E-state index in [4.69, 9.17) is 4.74 Å². The van der Waals surface area contributed by atoms with Crippen molar-refractivity contribution in [2.45, 2.75) is 19.6 Å². The van der Waals surface area contributed by atoms with E-state index >= 15 is 0 Å². The number of amidine groups is 1. The number of hydrogen-bond donors (Lipinski definition) is 1. The molecule has 0 bridgehead atoms. The van der Waals surface area contributed by atoms with Crippen molar-refractivity contribution in [1.29, 1.82) is 0 Å². The molecule has 0 fully saturated rings. The molecule has 0 unspecified atom stereocenters. The molecule has 108 valence electrons.